The quantitative estimate of drug-likeness (QED) is 0.699. The molecule has 3 aliphatic heterocycles. The molecule has 1 aromatic rings. The highest BCUT2D eigenvalue weighted by molar-refractivity contribution is 7.86. The molecule has 3 saturated heterocycles. The monoisotopic (exact) mass is 440 g/mol. The van der Waals surface area contributed by atoms with Crippen LogP contribution in [0.2, 0.25) is 0 Å². The van der Waals surface area contributed by atoms with Gasteiger partial charge in [-0.2, -0.15) is 17.0 Å². The van der Waals surface area contributed by atoms with Gasteiger partial charge in [-0.25, -0.2) is 0 Å². The zero-order valence-electron chi connectivity index (χ0n) is 16.4. The number of carbonyl (C=O) groups excluding carboxylic acids is 1. The molecule has 9 nitrogen and oxygen atoms in total. The van der Waals surface area contributed by atoms with Crippen molar-refractivity contribution in [1.82, 2.24) is 24.1 Å². The third kappa shape index (κ3) is 3.83. The Kier molecular flexibility index (Phi) is 5.14. The van der Waals surface area contributed by atoms with Gasteiger partial charge in [-0.05, 0) is 51.4 Å². The predicted molar refractivity (Wildman–Crippen MR) is 109 cm³/mol. The van der Waals surface area contributed by atoms with Gasteiger partial charge in [0.2, 0.25) is 5.01 Å². The van der Waals surface area contributed by atoms with Crippen molar-refractivity contribution in [2.75, 3.05) is 13.1 Å². The van der Waals surface area contributed by atoms with Crippen molar-refractivity contribution in [2.24, 2.45) is 5.73 Å². The van der Waals surface area contributed by atoms with Gasteiger partial charge >= 0.3 is 0 Å². The Morgan fingerprint density at radius 1 is 1.03 bits per heavy atom. The molecule has 1 saturated carbocycles. The standard InChI is InChI=1S/C18H28N6O3S2/c19-12-5-7-23(8-6-12)29(26,27)24-14-3-4-15(24)10-13(9-14)20-16(25)18-22-21-17(28-18)11-1-2-11/h11-15H,1-10,19H2,(H,20,25)/t13?,14-,15+. The van der Waals surface area contributed by atoms with Gasteiger partial charge < -0.3 is 11.1 Å². The summed E-state index contributed by atoms with van der Waals surface area (Å²) in [6, 6.07) is -0.0124. The maximum absolute atomic E-state index is 13.2. The highest BCUT2D eigenvalue weighted by Gasteiger charge is 2.49. The molecule has 0 spiro atoms. The van der Waals surface area contributed by atoms with Gasteiger partial charge in [-0.1, -0.05) is 11.3 Å². The summed E-state index contributed by atoms with van der Waals surface area (Å²) in [7, 11) is -3.47. The van der Waals surface area contributed by atoms with E-state index in [0.717, 1.165) is 30.7 Å². The molecular formula is C18H28N6O3S2. The van der Waals surface area contributed by atoms with Gasteiger partial charge in [-0.3, -0.25) is 4.79 Å². The number of aromatic nitrogens is 2. The molecule has 2 bridgehead atoms. The molecule has 5 rings (SSSR count). The smallest absolute Gasteiger partial charge is 0.282 e. The van der Waals surface area contributed by atoms with Crippen LogP contribution in [0, 0.1) is 0 Å². The molecule has 4 aliphatic rings. The summed E-state index contributed by atoms with van der Waals surface area (Å²) in [6.45, 7) is 1.000. The van der Waals surface area contributed by atoms with Crippen molar-refractivity contribution in [3.05, 3.63) is 10.0 Å². The number of hydrogen-bond acceptors (Lipinski definition) is 7. The van der Waals surface area contributed by atoms with Gasteiger partial charge in [0, 0.05) is 43.2 Å². The maximum atomic E-state index is 13.2. The highest BCUT2D eigenvalue weighted by Crippen LogP contribution is 2.42. The van der Waals surface area contributed by atoms with E-state index in [1.807, 2.05) is 0 Å². The largest absolute Gasteiger partial charge is 0.347 e. The molecule has 1 aliphatic carbocycles. The first kappa shape index (κ1) is 19.8. The fourth-order valence-electron chi connectivity index (χ4n) is 4.94. The second-order valence-corrected chi connectivity index (χ2v) is 11.7. The van der Waals surface area contributed by atoms with E-state index in [-0.39, 0.29) is 30.1 Å². The van der Waals surface area contributed by atoms with Crippen molar-refractivity contribution >= 4 is 27.5 Å². The van der Waals surface area contributed by atoms with Crippen LogP contribution in [-0.2, 0) is 10.2 Å². The number of nitrogens with zero attached hydrogens (tertiary/aromatic N) is 4. The molecule has 29 heavy (non-hydrogen) atoms. The van der Waals surface area contributed by atoms with Crippen molar-refractivity contribution in [3.63, 3.8) is 0 Å². The summed E-state index contributed by atoms with van der Waals surface area (Å²) in [6.07, 6.45) is 6.72. The zero-order chi connectivity index (χ0) is 20.2. The van der Waals surface area contributed by atoms with Crippen molar-refractivity contribution < 1.29 is 13.2 Å². The van der Waals surface area contributed by atoms with Crippen LogP contribution >= 0.6 is 11.3 Å². The molecule has 1 unspecified atom stereocenters. The Hall–Kier alpha value is -1.14. The molecular weight excluding hydrogens is 412 g/mol. The summed E-state index contributed by atoms with van der Waals surface area (Å²) in [4.78, 5) is 12.6. The number of carbonyl (C=O) groups is 1. The number of amides is 1. The number of piperidine rings is 2. The molecule has 3 atom stereocenters. The van der Waals surface area contributed by atoms with Crippen LogP contribution in [0.1, 0.15) is 72.1 Å². The van der Waals surface area contributed by atoms with Crippen molar-refractivity contribution in [2.45, 2.75) is 81.5 Å². The third-order valence-electron chi connectivity index (χ3n) is 6.65. The van der Waals surface area contributed by atoms with Gasteiger partial charge in [0.25, 0.3) is 16.1 Å². The molecule has 160 valence electrons. The van der Waals surface area contributed by atoms with Gasteiger partial charge in [0.1, 0.15) is 5.01 Å². The first-order valence-electron chi connectivity index (χ1n) is 10.6. The summed E-state index contributed by atoms with van der Waals surface area (Å²) in [5.41, 5.74) is 5.94. The lowest BCUT2D eigenvalue weighted by Gasteiger charge is -2.41. The molecule has 1 amide bonds. The number of fused-ring (bicyclic) bond motifs is 2. The molecule has 4 fully saturated rings. The van der Waals surface area contributed by atoms with Crippen LogP contribution < -0.4 is 11.1 Å². The van der Waals surface area contributed by atoms with Crippen LogP contribution in [0.25, 0.3) is 0 Å². The van der Waals surface area contributed by atoms with E-state index < -0.39 is 10.2 Å². The third-order valence-corrected chi connectivity index (χ3v) is 9.89. The number of rotatable bonds is 5. The van der Waals surface area contributed by atoms with Crippen molar-refractivity contribution in [3.8, 4) is 0 Å². The fraction of sp³-hybridized carbons (Fsp3) is 0.833. The topological polar surface area (TPSA) is 122 Å². The van der Waals surface area contributed by atoms with Crippen molar-refractivity contribution in [1.29, 1.82) is 0 Å². The van der Waals surface area contributed by atoms with E-state index in [1.165, 1.54) is 11.3 Å². The van der Waals surface area contributed by atoms with E-state index in [2.05, 4.69) is 15.5 Å². The SMILES string of the molecule is NC1CCN(S(=O)(=O)N2[C@@H]3CC[C@H]2CC(NC(=O)c2nnc(C4CC4)s2)C3)CC1. The van der Waals surface area contributed by atoms with Gasteiger partial charge in [0.05, 0.1) is 0 Å². The average Bonchev–Trinajstić information content (AvgIpc) is 3.34. The predicted octanol–water partition coefficient (Wildman–Crippen LogP) is 0.809. The van der Waals surface area contributed by atoms with Gasteiger partial charge in [-0.15, -0.1) is 10.2 Å². The van der Waals surface area contributed by atoms with E-state index in [4.69, 9.17) is 5.73 Å². The lowest BCUT2D eigenvalue weighted by molar-refractivity contribution is 0.0905. The van der Waals surface area contributed by atoms with Crippen LogP contribution in [0.3, 0.4) is 0 Å². The first-order chi connectivity index (χ1) is 13.9. The number of nitrogens with two attached hydrogens (primary N) is 1. The van der Waals surface area contributed by atoms with E-state index in [0.29, 0.717) is 49.7 Å². The van der Waals surface area contributed by atoms with Crippen LogP contribution in [0.15, 0.2) is 0 Å². The Morgan fingerprint density at radius 2 is 1.69 bits per heavy atom. The maximum Gasteiger partial charge on any atom is 0.282 e. The molecule has 1 aromatic heterocycles. The van der Waals surface area contributed by atoms with Crippen LogP contribution in [0.5, 0.6) is 0 Å². The van der Waals surface area contributed by atoms with Crippen LogP contribution in [-0.4, -0.2) is 70.4 Å². The summed E-state index contributed by atoms with van der Waals surface area (Å²) in [5, 5.41) is 12.6. The van der Waals surface area contributed by atoms with E-state index in [1.54, 1.807) is 8.61 Å². The minimum atomic E-state index is -3.47. The minimum absolute atomic E-state index is 0.0190. The molecule has 11 heteroatoms. The number of hydrogen-bond donors (Lipinski definition) is 2. The normalized spacial score (nSPS) is 31.8. The highest BCUT2D eigenvalue weighted by atomic mass is 32.2. The number of nitrogens with one attached hydrogen (secondary N) is 1. The van der Waals surface area contributed by atoms with Gasteiger partial charge in [0.15, 0.2) is 0 Å². The van der Waals surface area contributed by atoms with E-state index in [9.17, 15) is 13.2 Å². The second kappa shape index (κ2) is 7.52. The van der Waals surface area contributed by atoms with Crippen LogP contribution in [0.4, 0.5) is 0 Å². The summed E-state index contributed by atoms with van der Waals surface area (Å²) in [5.74, 6) is 0.308. The summed E-state index contributed by atoms with van der Waals surface area (Å²) >= 11 is 1.38. The molecule has 0 aromatic carbocycles. The Bertz CT molecular complexity index is 864. The average molecular weight is 441 g/mol. The summed E-state index contributed by atoms with van der Waals surface area (Å²) < 4.78 is 29.8. The Morgan fingerprint density at radius 3 is 2.31 bits per heavy atom. The lowest BCUT2D eigenvalue weighted by atomic mass is 10.00. The fourth-order valence-corrected chi connectivity index (χ4v) is 7.93. The Labute approximate surface area is 175 Å². The molecule has 4 heterocycles. The Balaban J connectivity index is 1.23. The molecule has 0 radical (unpaired) electrons. The minimum Gasteiger partial charge on any atom is -0.347 e. The second-order valence-electron chi connectivity index (χ2n) is 8.82. The lowest BCUT2D eigenvalue weighted by Crippen LogP contribution is -2.57. The molecule has 3 N–H and O–H groups in total. The van der Waals surface area contributed by atoms with E-state index >= 15 is 0 Å². The first-order valence-corrected chi connectivity index (χ1v) is 12.8. The zero-order valence-corrected chi connectivity index (χ0v) is 18.0.